The summed E-state index contributed by atoms with van der Waals surface area (Å²) in [7, 11) is 0. The van der Waals surface area contributed by atoms with Crippen molar-refractivity contribution in [1.29, 1.82) is 0 Å². The molecule has 0 spiro atoms. The number of ether oxygens (including phenoxy) is 1. The molecule has 0 aliphatic rings. The fourth-order valence-corrected chi connectivity index (χ4v) is 3.92. The molecule has 3 rings (SSSR count). The van der Waals surface area contributed by atoms with Gasteiger partial charge in [-0.3, -0.25) is 9.13 Å². The maximum Gasteiger partial charge on any atom is 0.417 e. The van der Waals surface area contributed by atoms with Gasteiger partial charge in [0, 0.05) is 29.6 Å². The van der Waals surface area contributed by atoms with E-state index in [1.807, 2.05) is 20.8 Å². The summed E-state index contributed by atoms with van der Waals surface area (Å²) in [5, 5.41) is 9.82. The standard InChI is InChI=1S/C24H29F3N2O5/c1-4-8-17-19(10-9-16-18(24(25,26)27)13-21(31)34-22(16)17)33-12-7-5-6-11-28-20(30)14-29(15(2)3)23(28)32/h9-10,13-15,30H,4-8,11-12H2,1-3H3. The SMILES string of the molecule is CCCc1c(OCCCCCn2c(O)cn(C(C)C)c2=O)ccc2c(C(F)(F)F)cc(=O)oc12. The lowest BCUT2D eigenvalue weighted by atomic mass is 10.0. The third-order valence-electron chi connectivity index (χ3n) is 5.60. The number of nitrogens with zero attached hydrogens (tertiary/aromatic N) is 2. The van der Waals surface area contributed by atoms with Gasteiger partial charge in [0.15, 0.2) is 0 Å². The van der Waals surface area contributed by atoms with Gasteiger partial charge in [0.1, 0.15) is 11.3 Å². The molecular formula is C24H29F3N2O5. The number of aryl methyl sites for hydroxylation is 1. The summed E-state index contributed by atoms with van der Waals surface area (Å²) in [5.74, 6) is 0.315. The number of hydrogen-bond donors (Lipinski definition) is 1. The molecule has 7 nitrogen and oxygen atoms in total. The van der Waals surface area contributed by atoms with E-state index in [2.05, 4.69) is 0 Å². The van der Waals surface area contributed by atoms with Crippen LogP contribution in [0, 0.1) is 0 Å². The lowest BCUT2D eigenvalue weighted by Gasteiger charge is -2.15. The van der Waals surface area contributed by atoms with Crippen molar-refractivity contribution in [3.63, 3.8) is 0 Å². The van der Waals surface area contributed by atoms with Gasteiger partial charge in [-0.25, -0.2) is 9.59 Å². The molecule has 0 saturated carbocycles. The molecule has 34 heavy (non-hydrogen) atoms. The van der Waals surface area contributed by atoms with Crippen molar-refractivity contribution in [3.05, 3.63) is 56.4 Å². The Hall–Kier alpha value is -3.17. The number of unbranched alkanes of at least 4 members (excludes halogenated alkanes) is 2. The molecule has 0 unspecified atom stereocenters. The van der Waals surface area contributed by atoms with Crippen LogP contribution in [0.3, 0.4) is 0 Å². The first-order chi connectivity index (χ1) is 16.0. The van der Waals surface area contributed by atoms with Crippen LogP contribution in [0.5, 0.6) is 11.6 Å². The smallest absolute Gasteiger partial charge is 0.417 e. The summed E-state index contributed by atoms with van der Waals surface area (Å²) in [6.45, 7) is 6.26. The van der Waals surface area contributed by atoms with E-state index in [0.717, 1.165) is 0 Å². The molecule has 0 atom stereocenters. The van der Waals surface area contributed by atoms with E-state index >= 15 is 0 Å². The number of hydrogen-bond acceptors (Lipinski definition) is 5. The van der Waals surface area contributed by atoms with E-state index in [-0.39, 0.29) is 28.6 Å². The van der Waals surface area contributed by atoms with Crippen LogP contribution in [0.2, 0.25) is 0 Å². The zero-order valence-corrected chi connectivity index (χ0v) is 19.4. The normalized spacial score (nSPS) is 12.1. The highest BCUT2D eigenvalue weighted by Crippen LogP contribution is 2.37. The van der Waals surface area contributed by atoms with Crippen LogP contribution in [0.4, 0.5) is 13.2 Å². The van der Waals surface area contributed by atoms with Gasteiger partial charge >= 0.3 is 17.5 Å². The third kappa shape index (κ3) is 5.48. The van der Waals surface area contributed by atoms with Crippen molar-refractivity contribution in [2.75, 3.05) is 6.61 Å². The minimum Gasteiger partial charge on any atom is -0.493 e. The number of imidazole rings is 1. The number of fused-ring (bicyclic) bond motifs is 1. The van der Waals surface area contributed by atoms with Crippen LogP contribution < -0.4 is 16.1 Å². The summed E-state index contributed by atoms with van der Waals surface area (Å²) < 4.78 is 54.0. The van der Waals surface area contributed by atoms with Gasteiger partial charge in [-0.05, 0) is 51.7 Å². The van der Waals surface area contributed by atoms with Gasteiger partial charge in [0.05, 0.1) is 18.4 Å². The van der Waals surface area contributed by atoms with E-state index in [1.165, 1.54) is 27.5 Å². The predicted molar refractivity (Wildman–Crippen MR) is 122 cm³/mol. The van der Waals surface area contributed by atoms with Crippen LogP contribution in [0.1, 0.15) is 63.6 Å². The average Bonchev–Trinajstić information content (AvgIpc) is 3.04. The molecule has 1 N–H and O–H groups in total. The first kappa shape index (κ1) is 25.5. The Morgan fingerprint density at radius 3 is 2.50 bits per heavy atom. The van der Waals surface area contributed by atoms with Gasteiger partial charge in [0.25, 0.3) is 0 Å². The number of alkyl halides is 3. The van der Waals surface area contributed by atoms with Crippen molar-refractivity contribution in [2.45, 2.75) is 71.6 Å². The molecule has 0 amide bonds. The minimum atomic E-state index is -4.67. The molecule has 0 fully saturated rings. The Kier molecular flexibility index (Phi) is 7.78. The summed E-state index contributed by atoms with van der Waals surface area (Å²) >= 11 is 0. The minimum absolute atomic E-state index is 0.0519. The second kappa shape index (κ2) is 10.4. The highest BCUT2D eigenvalue weighted by molar-refractivity contribution is 5.85. The van der Waals surface area contributed by atoms with Gasteiger partial charge in [0.2, 0.25) is 5.88 Å². The van der Waals surface area contributed by atoms with Gasteiger partial charge in [-0.2, -0.15) is 13.2 Å². The van der Waals surface area contributed by atoms with Gasteiger partial charge in [-0.1, -0.05) is 13.3 Å². The van der Waals surface area contributed by atoms with Crippen LogP contribution >= 0.6 is 0 Å². The van der Waals surface area contributed by atoms with Crippen LogP contribution in [-0.4, -0.2) is 20.8 Å². The summed E-state index contributed by atoms with van der Waals surface area (Å²) in [6, 6.07) is 3.17. The maximum absolute atomic E-state index is 13.4. The van der Waals surface area contributed by atoms with E-state index in [0.29, 0.717) is 62.6 Å². The molecule has 186 valence electrons. The molecule has 1 aromatic carbocycles. The summed E-state index contributed by atoms with van der Waals surface area (Å²) in [5.41, 5.74) is -1.99. The monoisotopic (exact) mass is 482 g/mol. The topological polar surface area (TPSA) is 86.6 Å². The number of halogens is 3. The fraction of sp³-hybridized carbons (Fsp3) is 0.500. The maximum atomic E-state index is 13.4. The molecule has 0 aliphatic carbocycles. The lowest BCUT2D eigenvalue weighted by molar-refractivity contribution is -0.136. The van der Waals surface area contributed by atoms with Crippen molar-refractivity contribution in [1.82, 2.24) is 9.13 Å². The first-order valence-corrected chi connectivity index (χ1v) is 11.3. The molecule has 2 aromatic heterocycles. The summed E-state index contributed by atoms with van der Waals surface area (Å²) in [4.78, 5) is 24.1. The molecule has 3 aromatic rings. The molecule has 0 bridgehead atoms. The number of rotatable bonds is 10. The van der Waals surface area contributed by atoms with Crippen LogP contribution in [0.15, 0.2) is 38.4 Å². The van der Waals surface area contributed by atoms with Crippen LogP contribution in [-0.2, 0) is 19.1 Å². The first-order valence-electron chi connectivity index (χ1n) is 11.3. The highest BCUT2D eigenvalue weighted by atomic mass is 19.4. The van der Waals surface area contributed by atoms with Crippen molar-refractivity contribution in [2.24, 2.45) is 0 Å². The Morgan fingerprint density at radius 1 is 1.15 bits per heavy atom. The third-order valence-corrected chi connectivity index (χ3v) is 5.60. The van der Waals surface area contributed by atoms with Gasteiger partial charge in [-0.15, -0.1) is 0 Å². The zero-order valence-electron chi connectivity index (χ0n) is 19.4. The molecule has 0 aliphatic heterocycles. The van der Waals surface area contributed by atoms with E-state index in [1.54, 1.807) is 0 Å². The van der Waals surface area contributed by atoms with E-state index < -0.39 is 17.4 Å². The second-order valence-corrected chi connectivity index (χ2v) is 8.48. The Bertz CT molecular complexity index is 1250. The number of benzene rings is 1. The van der Waals surface area contributed by atoms with Crippen LogP contribution in [0.25, 0.3) is 11.0 Å². The molecule has 10 heteroatoms. The van der Waals surface area contributed by atoms with E-state index in [9.17, 15) is 27.9 Å². The van der Waals surface area contributed by atoms with Crippen molar-refractivity contribution >= 4 is 11.0 Å². The number of aromatic hydroxyl groups is 1. The van der Waals surface area contributed by atoms with Crippen molar-refractivity contribution in [3.8, 4) is 11.6 Å². The predicted octanol–water partition coefficient (Wildman–Crippen LogP) is 5.26. The molecule has 0 radical (unpaired) electrons. The fourth-order valence-electron chi connectivity index (χ4n) is 3.92. The zero-order chi connectivity index (χ0) is 25.0. The molecular weight excluding hydrogens is 453 g/mol. The van der Waals surface area contributed by atoms with Crippen molar-refractivity contribution < 1.29 is 27.4 Å². The Morgan fingerprint density at radius 2 is 1.88 bits per heavy atom. The Balaban J connectivity index is 1.67. The largest absolute Gasteiger partial charge is 0.493 e. The van der Waals surface area contributed by atoms with E-state index in [4.69, 9.17) is 9.15 Å². The van der Waals surface area contributed by atoms with Gasteiger partial charge < -0.3 is 14.3 Å². The molecule has 0 saturated heterocycles. The lowest BCUT2D eigenvalue weighted by Crippen LogP contribution is -2.25. The second-order valence-electron chi connectivity index (χ2n) is 8.48. The molecule has 2 heterocycles. The highest BCUT2D eigenvalue weighted by Gasteiger charge is 2.34. The average molecular weight is 482 g/mol. The summed E-state index contributed by atoms with van der Waals surface area (Å²) in [6.07, 6.45) is -0.239. The number of aromatic nitrogens is 2. The quantitative estimate of drug-likeness (QED) is 0.315. The Labute approximate surface area is 194 Å².